The van der Waals surface area contributed by atoms with Gasteiger partial charge in [0.15, 0.2) is 0 Å². The van der Waals surface area contributed by atoms with Gasteiger partial charge in [-0.1, -0.05) is 13.3 Å². The first-order valence-electron chi connectivity index (χ1n) is 4.54. The molecule has 0 radical (unpaired) electrons. The van der Waals surface area contributed by atoms with E-state index < -0.39 is 4.75 Å². The Kier molecular flexibility index (Phi) is 3.01. The van der Waals surface area contributed by atoms with E-state index in [4.69, 9.17) is 0 Å². The fourth-order valence-corrected chi connectivity index (χ4v) is 2.15. The second-order valence-electron chi connectivity index (χ2n) is 3.69. The minimum Gasteiger partial charge on any atom is -0.273 e. The van der Waals surface area contributed by atoms with Crippen molar-refractivity contribution in [1.29, 1.82) is 0 Å². The first-order chi connectivity index (χ1) is 5.99. The van der Waals surface area contributed by atoms with Crippen molar-refractivity contribution >= 4 is 22.9 Å². The predicted molar refractivity (Wildman–Crippen MR) is 53.7 cm³/mol. The van der Waals surface area contributed by atoms with Crippen LogP contribution in [0.3, 0.4) is 0 Å². The summed E-state index contributed by atoms with van der Waals surface area (Å²) in [4.78, 5) is 24.4. The third-order valence-electron chi connectivity index (χ3n) is 2.06. The first kappa shape index (κ1) is 10.6. The van der Waals surface area contributed by atoms with Crippen LogP contribution in [0.15, 0.2) is 0 Å². The van der Waals surface area contributed by atoms with Gasteiger partial charge in [0, 0.05) is 6.54 Å². The molecule has 0 aliphatic carbocycles. The SMILES string of the molecule is CCCCN1C(=O)SC(C)(C)C1=O. The molecule has 1 saturated heterocycles. The summed E-state index contributed by atoms with van der Waals surface area (Å²) in [6, 6.07) is 0. The molecule has 0 aromatic carbocycles. The number of rotatable bonds is 3. The minimum atomic E-state index is -0.551. The smallest absolute Gasteiger partial charge is 0.273 e. The number of carbonyl (C=O) groups is 2. The van der Waals surface area contributed by atoms with Gasteiger partial charge in [-0.25, -0.2) is 0 Å². The Morgan fingerprint density at radius 3 is 2.38 bits per heavy atom. The van der Waals surface area contributed by atoms with E-state index in [-0.39, 0.29) is 11.1 Å². The lowest BCUT2D eigenvalue weighted by molar-refractivity contribution is -0.128. The molecule has 0 spiro atoms. The largest absolute Gasteiger partial charge is 0.289 e. The number of thioether (sulfide) groups is 1. The summed E-state index contributed by atoms with van der Waals surface area (Å²) in [7, 11) is 0. The molecule has 0 atom stereocenters. The van der Waals surface area contributed by atoms with Crippen molar-refractivity contribution in [2.75, 3.05) is 6.54 Å². The van der Waals surface area contributed by atoms with Crippen molar-refractivity contribution < 1.29 is 9.59 Å². The van der Waals surface area contributed by atoms with Gasteiger partial charge >= 0.3 is 0 Å². The van der Waals surface area contributed by atoms with Crippen LogP contribution < -0.4 is 0 Å². The maximum Gasteiger partial charge on any atom is 0.289 e. The summed E-state index contributed by atoms with van der Waals surface area (Å²) in [6.45, 7) is 6.21. The zero-order valence-electron chi connectivity index (χ0n) is 8.29. The summed E-state index contributed by atoms with van der Waals surface area (Å²) in [5, 5.41) is -0.0940. The maximum absolute atomic E-state index is 11.6. The van der Waals surface area contributed by atoms with Crippen LogP contribution in [0.2, 0.25) is 0 Å². The molecule has 0 aromatic heterocycles. The standard InChI is InChI=1S/C9H15NO2S/c1-4-5-6-10-7(11)9(2,3)13-8(10)12/h4-6H2,1-3H3. The van der Waals surface area contributed by atoms with Gasteiger partial charge in [-0.2, -0.15) is 0 Å². The van der Waals surface area contributed by atoms with Crippen molar-refractivity contribution in [3.05, 3.63) is 0 Å². The van der Waals surface area contributed by atoms with Gasteiger partial charge in [0.25, 0.3) is 5.24 Å². The van der Waals surface area contributed by atoms with E-state index in [0.717, 1.165) is 24.6 Å². The Morgan fingerprint density at radius 2 is 2.00 bits per heavy atom. The van der Waals surface area contributed by atoms with Crippen LogP contribution in [-0.4, -0.2) is 27.3 Å². The van der Waals surface area contributed by atoms with E-state index in [1.165, 1.54) is 4.90 Å². The molecule has 1 aliphatic rings. The van der Waals surface area contributed by atoms with E-state index >= 15 is 0 Å². The van der Waals surface area contributed by atoms with Gasteiger partial charge < -0.3 is 0 Å². The summed E-state index contributed by atoms with van der Waals surface area (Å²) in [5.41, 5.74) is 0. The average molecular weight is 201 g/mol. The van der Waals surface area contributed by atoms with Gasteiger partial charge in [0.2, 0.25) is 5.91 Å². The quantitative estimate of drug-likeness (QED) is 0.703. The number of hydrogen-bond acceptors (Lipinski definition) is 3. The van der Waals surface area contributed by atoms with E-state index in [1.54, 1.807) is 13.8 Å². The number of hydrogen-bond donors (Lipinski definition) is 0. The highest BCUT2D eigenvalue weighted by atomic mass is 32.2. The van der Waals surface area contributed by atoms with Gasteiger partial charge in [0.1, 0.15) is 0 Å². The zero-order valence-corrected chi connectivity index (χ0v) is 9.11. The normalized spacial score (nSPS) is 21.3. The molecule has 0 saturated carbocycles. The molecule has 3 nitrogen and oxygen atoms in total. The fraction of sp³-hybridized carbons (Fsp3) is 0.778. The number of nitrogens with zero attached hydrogens (tertiary/aromatic N) is 1. The van der Waals surface area contributed by atoms with Gasteiger partial charge in [-0.15, -0.1) is 0 Å². The number of unbranched alkanes of at least 4 members (excludes halogenated alkanes) is 1. The van der Waals surface area contributed by atoms with E-state index in [9.17, 15) is 9.59 Å². The van der Waals surface area contributed by atoms with Gasteiger partial charge in [-0.3, -0.25) is 14.5 Å². The summed E-state index contributed by atoms with van der Waals surface area (Å²) >= 11 is 1.13. The monoisotopic (exact) mass is 201 g/mol. The van der Waals surface area contributed by atoms with Crippen LogP contribution in [0.5, 0.6) is 0 Å². The van der Waals surface area contributed by atoms with Crippen LogP contribution >= 0.6 is 11.8 Å². The van der Waals surface area contributed by atoms with Crippen molar-refractivity contribution in [1.82, 2.24) is 4.90 Å². The third-order valence-corrected chi connectivity index (χ3v) is 3.14. The Balaban J connectivity index is 2.66. The van der Waals surface area contributed by atoms with Crippen molar-refractivity contribution in [3.63, 3.8) is 0 Å². The summed E-state index contributed by atoms with van der Waals surface area (Å²) in [5.74, 6) is -0.0454. The van der Waals surface area contributed by atoms with E-state index in [1.807, 2.05) is 6.92 Å². The van der Waals surface area contributed by atoms with Crippen molar-refractivity contribution in [3.8, 4) is 0 Å². The van der Waals surface area contributed by atoms with Gasteiger partial charge in [-0.05, 0) is 32.0 Å². The van der Waals surface area contributed by atoms with Crippen molar-refractivity contribution in [2.24, 2.45) is 0 Å². The molecular weight excluding hydrogens is 186 g/mol. The zero-order chi connectivity index (χ0) is 10.1. The molecule has 0 unspecified atom stereocenters. The number of carbonyl (C=O) groups excluding carboxylic acids is 2. The second-order valence-corrected chi connectivity index (χ2v) is 5.26. The molecule has 2 amide bonds. The van der Waals surface area contributed by atoms with E-state index in [0.29, 0.717) is 6.54 Å². The average Bonchev–Trinajstić information content (AvgIpc) is 2.21. The molecule has 1 rings (SSSR count). The molecule has 0 N–H and O–H groups in total. The summed E-state index contributed by atoms with van der Waals surface area (Å²) in [6.07, 6.45) is 1.90. The second kappa shape index (κ2) is 3.70. The Morgan fingerprint density at radius 1 is 1.38 bits per heavy atom. The Bertz CT molecular complexity index is 238. The highest BCUT2D eigenvalue weighted by molar-refractivity contribution is 8.16. The summed E-state index contributed by atoms with van der Waals surface area (Å²) < 4.78 is -0.551. The third kappa shape index (κ3) is 2.05. The molecular formula is C9H15NO2S. The molecule has 0 bridgehead atoms. The predicted octanol–water partition coefficient (Wildman–Crippen LogP) is 2.26. The lowest BCUT2D eigenvalue weighted by Gasteiger charge is -2.15. The van der Waals surface area contributed by atoms with Crippen molar-refractivity contribution in [2.45, 2.75) is 38.4 Å². The van der Waals surface area contributed by atoms with Crippen LogP contribution in [0.25, 0.3) is 0 Å². The maximum atomic E-state index is 11.6. The minimum absolute atomic E-state index is 0.0454. The Hall–Kier alpha value is -0.510. The molecule has 1 aliphatic heterocycles. The molecule has 0 aromatic rings. The first-order valence-corrected chi connectivity index (χ1v) is 5.35. The fourth-order valence-electron chi connectivity index (χ4n) is 1.23. The number of imide groups is 1. The van der Waals surface area contributed by atoms with Crippen LogP contribution in [0, 0.1) is 0 Å². The number of amides is 2. The van der Waals surface area contributed by atoms with Gasteiger partial charge in [0.05, 0.1) is 4.75 Å². The van der Waals surface area contributed by atoms with Crippen LogP contribution in [0.1, 0.15) is 33.6 Å². The highest BCUT2D eigenvalue weighted by Crippen LogP contribution is 2.36. The topological polar surface area (TPSA) is 37.4 Å². The molecule has 74 valence electrons. The highest BCUT2D eigenvalue weighted by Gasteiger charge is 2.45. The molecule has 1 fully saturated rings. The van der Waals surface area contributed by atoms with Crippen LogP contribution in [-0.2, 0) is 4.79 Å². The molecule has 1 heterocycles. The lowest BCUT2D eigenvalue weighted by atomic mass is 10.2. The van der Waals surface area contributed by atoms with Crippen LogP contribution in [0.4, 0.5) is 4.79 Å². The van der Waals surface area contributed by atoms with E-state index in [2.05, 4.69) is 0 Å². The molecule has 4 heteroatoms. The Labute approximate surface area is 82.9 Å². The lowest BCUT2D eigenvalue weighted by Crippen LogP contribution is -2.36. The molecule has 13 heavy (non-hydrogen) atoms.